The highest BCUT2D eigenvalue weighted by Gasteiger charge is 2.20. The van der Waals surface area contributed by atoms with E-state index in [-0.39, 0.29) is 11.7 Å². The Balaban J connectivity index is 2.39. The third-order valence-corrected chi connectivity index (χ3v) is 3.65. The van der Waals surface area contributed by atoms with E-state index in [0.29, 0.717) is 10.7 Å². The lowest BCUT2D eigenvalue weighted by Gasteiger charge is -2.28. The number of aromatic carboxylic acids is 1. The maximum atomic E-state index is 11.2. The number of hydrogen-bond donors (Lipinski definition) is 1. The van der Waals surface area contributed by atoms with Gasteiger partial charge in [0.25, 0.3) is 0 Å². The Labute approximate surface area is 122 Å². The summed E-state index contributed by atoms with van der Waals surface area (Å²) in [5, 5.41) is 9.87. The molecule has 0 aliphatic carbocycles. The van der Waals surface area contributed by atoms with E-state index in [1.165, 1.54) is 6.20 Å². The van der Waals surface area contributed by atoms with Gasteiger partial charge in [0.2, 0.25) is 0 Å². The summed E-state index contributed by atoms with van der Waals surface area (Å²) in [6.45, 7) is 1.97. The zero-order valence-electron chi connectivity index (χ0n) is 11.2. The van der Waals surface area contributed by atoms with Crippen LogP contribution in [0.25, 0.3) is 0 Å². The first-order chi connectivity index (χ1) is 9.52. The number of aromatic nitrogens is 1. The van der Waals surface area contributed by atoms with Crippen LogP contribution in [0.4, 0.5) is 5.69 Å². The first kappa shape index (κ1) is 14.3. The van der Waals surface area contributed by atoms with Gasteiger partial charge in [-0.3, -0.25) is 0 Å². The summed E-state index contributed by atoms with van der Waals surface area (Å²) in [7, 11) is 1.83. The average Bonchev–Trinajstić information content (AvgIpc) is 2.46. The summed E-state index contributed by atoms with van der Waals surface area (Å²) >= 11 is 6.19. The number of benzene rings is 1. The highest BCUT2D eigenvalue weighted by Crippen LogP contribution is 2.30. The topological polar surface area (TPSA) is 53.4 Å². The first-order valence-corrected chi connectivity index (χ1v) is 6.55. The van der Waals surface area contributed by atoms with Crippen LogP contribution in [-0.4, -0.2) is 23.1 Å². The molecule has 20 heavy (non-hydrogen) atoms. The molecule has 1 N–H and O–H groups in total. The minimum absolute atomic E-state index is 0.0360. The Bertz CT molecular complexity index is 631. The van der Waals surface area contributed by atoms with Gasteiger partial charge in [-0.25, -0.2) is 9.78 Å². The Kier molecular flexibility index (Phi) is 4.25. The first-order valence-electron chi connectivity index (χ1n) is 6.18. The van der Waals surface area contributed by atoms with E-state index in [1.54, 1.807) is 12.1 Å². The molecule has 4 nitrogen and oxygen atoms in total. The van der Waals surface area contributed by atoms with Crippen LogP contribution in [0.1, 0.15) is 29.0 Å². The summed E-state index contributed by atoms with van der Waals surface area (Å²) in [5.41, 5.74) is 1.54. The SMILES string of the molecule is CC(c1ccccc1Cl)N(C)c1cccnc1C(=O)O. The fraction of sp³-hybridized carbons (Fsp3) is 0.200. The molecule has 0 radical (unpaired) electrons. The fourth-order valence-corrected chi connectivity index (χ4v) is 2.37. The molecule has 0 saturated heterocycles. The molecular formula is C15H15ClN2O2. The molecule has 0 aliphatic heterocycles. The second-order valence-corrected chi connectivity index (χ2v) is 4.89. The lowest BCUT2D eigenvalue weighted by atomic mass is 10.1. The summed E-state index contributed by atoms with van der Waals surface area (Å²) < 4.78 is 0. The van der Waals surface area contributed by atoms with Gasteiger partial charge < -0.3 is 10.0 Å². The van der Waals surface area contributed by atoms with E-state index in [4.69, 9.17) is 11.6 Å². The predicted octanol–water partition coefficient (Wildman–Crippen LogP) is 3.63. The molecule has 0 amide bonds. The van der Waals surface area contributed by atoms with E-state index in [9.17, 15) is 9.90 Å². The lowest BCUT2D eigenvalue weighted by molar-refractivity contribution is 0.0691. The van der Waals surface area contributed by atoms with E-state index in [1.807, 2.05) is 43.1 Å². The second kappa shape index (κ2) is 5.92. The minimum Gasteiger partial charge on any atom is -0.476 e. The van der Waals surface area contributed by atoms with Crippen LogP contribution in [0.2, 0.25) is 5.02 Å². The quantitative estimate of drug-likeness (QED) is 0.934. The number of rotatable bonds is 4. The zero-order valence-corrected chi connectivity index (χ0v) is 12.0. The number of pyridine rings is 1. The number of carbonyl (C=O) groups is 1. The van der Waals surface area contributed by atoms with Crippen LogP contribution >= 0.6 is 11.6 Å². The molecule has 0 bridgehead atoms. The zero-order chi connectivity index (χ0) is 14.7. The van der Waals surface area contributed by atoms with Crippen LogP contribution in [-0.2, 0) is 0 Å². The van der Waals surface area contributed by atoms with Crippen LogP contribution in [0.3, 0.4) is 0 Å². The van der Waals surface area contributed by atoms with E-state index < -0.39 is 5.97 Å². The van der Waals surface area contributed by atoms with Crippen LogP contribution < -0.4 is 4.90 Å². The molecule has 1 aromatic carbocycles. The van der Waals surface area contributed by atoms with Crippen LogP contribution in [0.15, 0.2) is 42.6 Å². The van der Waals surface area contributed by atoms with Gasteiger partial charge in [0.1, 0.15) is 0 Å². The normalized spacial score (nSPS) is 11.9. The van der Waals surface area contributed by atoms with Crippen molar-refractivity contribution in [3.05, 3.63) is 58.9 Å². The van der Waals surface area contributed by atoms with Crippen molar-refractivity contribution in [1.29, 1.82) is 0 Å². The maximum Gasteiger partial charge on any atom is 0.356 e. The van der Waals surface area contributed by atoms with Crippen molar-refractivity contribution >= 4 is 23.3 Å². The van der Waals surface area contributed by atoms with Crippen molar-refractivity contribution in [2.75, 3.05) is 11.9 Å². The standard InChI is InChI=1S/C15H15ClN2O2/c1-10(11-6-3-4-7-12(11)16)18(2)13-8-5-9-17-14(13)15(19)20/h3-10H,1-2H3,(H,19,20). The van der Waals surface area contributed by atoms with Gasteiger partial charge in [-0.1, -0.05) is 29.8 Å². The molecule has 1 heterocycles. The van der Waals surface area contributed by atoms with Gasteiger partial charge in [0.05, 0.1) is 11.7 Å². The molecule has 104 valence electrons. The Hall–Kier alpha value is -2.07. The summed E-state index contributed by atoms with van der Waals surface area (Å²) in [6.07, 6.45) is 1.47. The molecule has 2 aromatic rings. The van der Waals surface area contributed by atoms with Crippen molar-refractivity contribution in [3.63, 3.8) is 0 Å². The van der Waals surface area contributed by atoms with Gasteiger partial charge in [-0.2, -0.15) is 0 Å². The summed E-state index contributed by atoms with van der Waals surface area (Å²) in [4.78, 5) is 17.0. The average molecular weight is 291 g/mol. The van der Waals surface area contributed by atoms with E-state index in [2.05, 4.69) is 4.98 Å². The lowest BCUT2D eigenvalue weighted by Crippen LogP contribution is -2.24. The Morgan fingerprint density at radius 1 is 1.30 bits per heavy atom. The molecule has 1 aromatic heterocycles. The number of anilines is 1. The number of nitrogens with zero attached hydrogens (tertiary/aromatic N) is 2. The molecule has 0 fully saturated rings. The van der Waals surface area contributed by atoms with Crippen LogP contribution in [0, 0.1) is 0 Å². The molecule has 1 atom stereocenters. The van der Waals surface area contributed by atoms with E-state index >= 15 is 0 Å². The highest BCUT2D eigenvalue weighted by molar-refractivity contribution is 6.31. The van der Waals surface area contributed by atoms with Gasteiger partial charge in [-0.15, -0.1) is 0 Å². The van der Waals surface area contributed by atoms with Crippen molar-refractivity contribution in [1.82, 2.24) is 4.98 Å². The van der Waals surface area contributed by atoms with Crippen molar-refractivity contribution in [2.24, 2.45) is 0 Å². The van der Waals surface area contributed by atoms with Gasteiger partial charge in [0.15, 0.2) is 5.69 Å². The smallest absolute Gasteiger partial charge is 0.356 e. The molecule has 0 aliphatic rings. The van der Waals surface area contributed by atoms with Crippen molar-refractivity contribution in [2.45, 2.75) is 13.0 Å². The van der Waals surface area contributed by atoms with Gasteiger partial charge in [-0.05, 0) is 30.7 Å². The molecular weight excluding hydrogens is 276 g/mol. The molecule has 0 spiro atoms. The molecule has 1 unspecified atom stereocenters. The predicted molar refractivity (Wildman–Crippen MR) is 79.5 cm³/mol. The molecule has 2 rings (SSSR count). The van der Waals surface area contributed by atoms with Gasteiger partial charge in [0, 0.05) is 18.3 Å². The summed E-state index contributed by atoms with van der Waals surface area (Å²) in [6, 6.07) is 10.9. The maximum absolute atomic E-state index is 11.2. The number of carboxylic acid groups (broad SMARTS) is 1. The number of carboxylic acids is 1. The third-order valence-electron chi connectivity index (χ3n) is 3.31. The Morgan fingerprint density at radius 2 is 2.00 bits per heavy atom. The van der Waals surface area contributed by atoms with Crippen LogP contribution in [0.5, 0.6) is 0 Å². The minimum atomic E-state index is -1.04. The third kappa shape index (κ3) is 2.75. The largest absolute Gasteiger partial charge is 0.476 e. The monoisotopic (exact) mass is 290 g/mol. The van der Waals surface area contributed by atoms with Crippen molar-refractivity contribution in [3.8, 4) is 0 Å². The Morgan fingerprint density at radius 3 is 2.65 bits per heavy atom. The number of halogens is 1. The fourth-order valence-electron chi connectivity index (χ4n) is 2.08. The van der Waals surface area contributed by atoms with Crippen molar-refractivity contribution < 1.29 is 9.90 Å². The molecule has 5 heteroatoms. The van der Waals surface area contributed by atoms with Gasteiger partial charge >= 0.3 is 5.97 Å². The highest BCUT2D eigenvalue weighted by atomic mass is 35.5. The number of hydrogen-bond acceptors (Lipinski definition) is 3. The molecule has 0 saturated carbocycles. The van der Waals surface area contributed by atoms with E-state index in [0.717, 1.165) is 5.56 Å². The second-order valence-electron chi connectivity index (χ2n) is 4.48. The summed E-state index contributed by atoms with van der Waals surface area (Å²) in [5.74, 6) is -1.04.